The first-order chi connectivity index (χ1) is 20.3. The van der Waals surface area contributed by atoms with Gasteiger partial charge in [0.25, 0.3) is 0 Å². The lowest BCUT2D eigenvalue weighted by Gasteiger charge is -2.45. The summed E-state index contributed by atoms with van der Waals surface area (Å²) in [5.41, 5.74) is -3.39. The van der Waals surface area contributed by atoms with Crippen LogP contribution < -0.4 is 16.0 Å². The molecule has 10 nitrogen and oxygen atoms in total. The van der Waals surface area contributed by atoms with Crippen molar-refractivity contribution in [2.75, 3.05) is 6.54 Å². The maximum Gasteiger partial charge on any atom is 0.471 e. The quantitative estimate of drug-likeness (QED) is 0.333. The summed E-state index contributed by atoms with van der Waals surface area (Å²) in [4.78, 5) is 52.8. The normalized spacial score (nSPS) is 31.1. The maximum atomic E-state index is 13.8. The van der Waals surface area contributed by atoms with E-state index in [1.165, 1.54) is 5.32 Å². The lowest BCUT2D eigenvalue weighted by Crippen LogP contribution is -2.63. The summed E-state index contributed by atoms with van der Waals surface area (Å²) in [5.74, 6) is -5.98. The zero-order chi connectivity index (χ0) is 32.6. The van der Waals surface area contributed by atoms with Crippen molar-refractivity contribution in [1.29, 1.82) is 5.26 Å². The zero-order valence-electron chi connectivity index (χ0n) is 24.4. The predicted octanol–water partition coefficient (Wildman–Crippen LogP) is 2.47. The number of carbonyl (C=O) groups excluding carboxylic acids is 4. The van der Waals surface area contributed by atoms with Crippen molar-refractivity contribution < 1.29 is 50.3 Å². The van der Waals surface area contributed by atoms with E-state index in [4.69, 9.17) is 4.74 Å². The molecule has 0 aromatic rings. The molecule has 0 radical (unpaired) electrons. The van der Waals surface area contributed by atoms with Crippen LogP contribution >= 0.6 is 0 Å². The second kappa shape index (κ2) is 10.5. The van der Waals surface area contributed by atoms with E-state index in [2.05, 4.69) is 10.6 Å². The third-order valence-corrected chi connectivity index (χ3v) is 10.4. The molecular formula is C28H35F6N5O5. The van der Waals surface area contributed by atoms with Gasteiger partial charge in [-0.15, -0.1) is 0 Å². The number of hydrogen-bond donors (Lipinski definition) is 3. The molecule has 7 atom stereocenters. The Morgan fingerprint density at radius 1 is 1.11 bits per heavy atom. The summed E-state index contributed by atoms with van der Waals surface area (Å²) >= 11 is 0. The summed E-state index contributed by atoms with van der Waals surface area (Å²) < 4.78 is 86.4. The highest BCUT2D eigenvalue weighted by Gasteiger charge is 2.70. The lowest BCUT2D eigenvalue weighted by atomic mass is 9.79. The van der Waals surface area contributed by atoms with Crippen LogP contribution in [0.2, 0.25) is 0 Å². The zero-order valence-corrected chi connectivity index (χ0v) is 24.4. The van der Waals surface area contributed by atoms with Gasteiger partial charge in [0.2, 0.25) is 17.7 Å². The van der Waals surface area contributed by atoms with Crippen LogP contribution in [0.15, 0.2) is 0 Å². The number of piperidine rings is 1. The summed E-state index contributed by atoms with van der Waals surface area (Å²) in [6, 6.07) is -2.62. The Balaban J connectivity index is 1.36. The summed E-state index contributed by atoms with van der Waals surface area (Å²) in [6.45, 7) is 4.55. The third kappa shape index (κ3) is 5.60. The first-order valence-corrected chi connectivity index (χ1v) is 14.7. The summed E-state index contributed by atoms with van der Waals surface area (Å²) in [6.07, 6.45) is -10.7. The number of nitriles is 1. The Morgan fingerprint density at radius 2 is 1.75 bits per heavy atom. The van der Waals surface area contributed by atoms with Crippen molar-refractivity contribution in [3.63, 3.8) is 0 Å². The highest BCUT2D eigenvalue weighted by atomic mass is 19.4. The number of alkyl halides is 6. The van der Waals surface area contributed by atoms with E-state index in [0.29, 0.717) is 6.42 Å². The van der Waals surface area contributed by atoms with Crippen LogP contribution in [-0.2, 0) is 23.9 Å². The van der Waals surface area contributed by atoms with E-state index in [1.807, 2.05) is 19.9 Å². The fraction of sp³-hybridized carbons (Fsp3) is 0.821. The van der Waals surface area contributed by atoms with Gasteiger partial charge in [0.15, 0.2) is 5.60 Å². The number of likely N-dealkylation sites (tertiary alicyclic amines) is 1. The second-order valence-corrected chi connectivity index (χ2v) is 13.6. The summed E-state index contributed by atoms with van der Waals surface area (Å²) in [5, 5.41) is 16.8. The first-order valence-electron chi connectivity index (χ1n) is 14.7. The number of hydrogen-bond acceptors (Lipinski definition) is 6. The average Bonchev–Trinajstić information content (AvgIpc) is 3.60. The fourth-order valence-electron chi connectivity index (χ4n) is 7.32. The van der Waals surface area contributed by atoms with Crippen molar-refractivity contribution in [2.24, 2.45) is 23.2 Å². The Hall–Kier alpha value is -3.09. The second-order valence-electron chi connectivity index (χ2n) is 13.6. The van der Waals surface area contributed by atoms with E-state index < -0.39 is 90.0 Å². The van der Waals surface area contributed by atoms with Crippen molar-refractivity contribution >= 4 is 23.6 Å². The van der Waals surface area contributed by atoms with Gasteiger partial charge in [0.05, 0.1) is 12.2 Å². The minimum Gasteiger partial charge on any atom is -0.360 e. The number of rotatable bonds is 9. The molecule has 16 heteroatoms. The topological polar surface area (TPSA) is 141 Å². The third-order valence-electron chi connectivity index (χ3n) is 10.4. The number of carbonyl (C=O) groups is 4. The average molecular weight is 636 g/mol. The SMILES string of the molecule is C[C@@H](OC1(C(F)(F)F)CCC1)[C@H](NC(=O)C(F)(F)F)C(=O)N1C[C@H]2[C@@H]([C@H]1C(=O)N[C@H](C#N)C[C@@H]1CC3(CC3)NC1=O)C2(C)C. The monoisotopic (exact) mass is 635 g/mol. The molecule has 2 saturated heterocycles. The van der Waals surface area contributed by atoms with Gasteiger partial charge in [0.1, 0.15) is 18.1 Å². The fourth-order valence-corrected chi connectivity index (χ4v) is 7.32. The highest BCUT2D eigenvalue weighted by molar-refractivity contribution is 5.95. The number of ether oxygens (including phenoxy) is 1. The minimum absolute atomic E-state index is 0.0165. The molecule has 244 valence electrons. The molecule has 0 bridgehead atoms. The number of nitrogens with zero attached hydrogens (tertiary/aromatic N) is 2. The van der Waals surface area contributed by atoms with Gasteiger partial charge in [-0.1, -0.05) is 13.8 Å². The molecule has 4 amide bonds. The maximum absolute atomic E-state index is 13.8. The minimum atomic E-state index is -5.45. The molecule has 0 aromatic carbocycles. The molecule has 3 saturated carbocycles. The summed E-state index contributed by atoms with van der Waals surface area (Å²) in [7, 11) is 0. The molecule has 3 aliphatic carbocycles. The van der Waals surface area contributed by atoms with E-state index in [9.17, 15) is 50.8 Å². The van der Waals surface area contributed by atoms with Crippen molar-refractivity contribution in [3.8, 4) is 6.07 Å². The van der Waals surface area contributed by atoms with E-state index in [1.54, 1.807) is 0 Å². The van der Waals surface area contributed by atoms with Gasteiger partial charge in [-0.05, 0) is 69.1 Å². The molecule has 2 aliphatic heterocycles. The van der Waals surface area contributed by atoms with Crippen molar-refractivity contribution in [3.05, 3.63) is 0 Å². The first kappa shape index (κ1) is 32.3. The van der Waals surface area contributed by atoms with Crippen LogP contribution in [0.1, 0.15) is 65.7 Å². The van der Waals surface area contributed by atoms with Gasteiger partial charge >= 0.3 is 18.3 Å². The van der Waals surface area contributed by atoms with Crippen molar-refractivity contribution in [1.82, 2.24) is 20.9 Å². The number of halogens is 6. The molecule has 5 aliphatic rings. The van der Waals surface area contributed by atoms with Crippen LogP contribution in [0.25, 0.3) is 0 Å². The molecule has 2 heterocycles. The van der Waals surface area contributed by atoms with Crippen LogP contribution in [0.5, 0.6) is 0 Å². The van der Waals surface area contributed by atoms with E-state index in [-0.39, 0.29) is 36.8 Å². The van der Waals surface area contributed by atoms with Gasteiger partial charge in [0, 0.05) is 18.0 Å². The van der Waals surface area contributed by atoms with E-state index >= 15 is 0 Å². The molecule has 44 heavy (non-hydrogen) atoms. The number of nitrogens with one attached hydrogen (secondary N) is 3. The van der Waals surface area contributed by atoms with Crippen LogP contribution in [0, 0.1) is 34.5 Å². The van der Waals surface area contributed by atoms with Gasteiger partial charge in [-0.3, -0.25) is 19.2 Å². The van der Waals surface area contributed by atoms with Crippen LogP contribution in [0.4, 0.5) is 26.3 Å². The number of fused-ring (bicyclic) bond motifs is 1. The molecule has 3 N–H and O–H groups in total. The Bertz CT molecular complexity index is 1270. The van der Waals surface area contributed by atoms with Crippen LogP contribution in [0.3, 0.4) is 0 Å². The predicted molar refractivity (Wildman–Crippen MR) is 138 cm³/mol. The molecule has 5 fully saturated rings. The van der Waals surface area contributed by atoms with Gasteiger partial charge < -0.3 is 25.6 Å². The smallest absolute Gasteiger partial charge is 0.360 e. The molecule has 5 rings (SSSR count). The van der Waals surface area contributed by atoms with Crippen molar-refractivity contribution in [2.45, 2.75) is 113 Å². The van der Waals surface area contributed by atoms with E-state index in [0.717, 1.165) is 24.7 Å². The Morgan fingerprint density at radius 3 is 2.23 bits per heavy atom. The van der Waals surface area contributed by atoms with Gasteiger partial charge in [-0.2, -0.15) is 31.6 Å². The largest absolute Gasteiger partial charge is 0.471 e. The van der Waals surface area contributed by atoms with Crippen LogP contribution in [-0.4, -0.2) is 82.8 Å². The molecule has 1 spiro atoms. The van der Waals surface area contributed by atoms with Gasteiger partial charge in [-0.25, -0.2) is 0 Å². The molecular weight excluding hydrogens is 600 g/mol. The Kier molecular flexibility index (Phi) is 7.70. The molecule has 0 aromatic heterocycles. The number of amides is 4. The highest BCUT2D eigenvalue weighted by Crippen LogP contribution is 2.65. The standard InChI is InChI=1S/C28H35F6N5O5/c1-13(44-26(5-4-6-26)28(32,33)34)18(37-23(43)27(29,30)31)22(42)39-12-16-17(24(16,2)3)19(39)21(41)36-15(11-35)9-14-10-25(7-8-25)38-20(14)40/h13-19H,4-10,12H2,1-3H3,(H,36,41)(H,37,43)(H,38,40)/t13-,14-,15+,16+,17+,18+,19+/m1/s1. The Labute approximate surface area is 249 Å². The lowest BCUT2D eigenvalue weighted by molar-refractivity contribution is -0.317. The molecule has 0 unspecified atom stereocenters.